The second-order valence-corrected chi connectivity index (χ2v) is 5.65. The zero-order valence-corrected chi connectivity index (χ0v) is 13.2. The van der Waals surface area contributed by atoms with E-state index in [0.717, 1.165) is 23.2 Å². The predicted octanol–water partition coefficient (Wildman–Crippen LogP) is 3.94. The largest absolute Gasteiger partial charge is 0.370 e. The average Bonchev–Trinajstić information content (AvgIpc) is 2.42. The second-order valence-electron chi connectivity index (χ2n) is 4.79. The molecule has 0 aliphatic heterocycles. The SMILES string of the molecule is CNCc1ccc(CN(C)c2cccc(F)c2)c(Br)c1. The fourth-order valence-electron chi connectivity index (χ4n) is 2.09. The topological polar surface area (TPSA) is 15.3 Å². The van der Waals surface area contributed by atoms with Crippen molar-refractivity contribution >= 4 is 21.6 Å². The van der Waals surface area contributed by atoms with E-state index in [1.165, 1.54) is 17.2 Å². The van der Waals surface area contributed by atoms with E-state index in [1.807, 2.05) is 25.1 Å². The molecule has 0 unspecified atom stereocenters. The number of anilines is 1. The summed E-state index contributed by atoms with van der Waals surface area (Å²) in [6.07, 6.45) is 0. The molecule has 2 aromatic rings. The summed E-state index contributed by atoms with van der Waals surface area (Å²) in [6, 6.07) is 13.0. The van der Waals surface area contributed by atoms with Gasteiger partial charge in [-0.3, -0.25) is 0 Å². The van der Waals surface area contributed by atoms with Gasteiger partial charge in [-0.15, -0.1) is 0 Å². The van der Waals surface area contributed by atoms with Crippen LogP contribution in [-0.2, 0) is 13.1 Å². The minimum absolute atomic E-state index is 0.210. The van der Waals surface area contributed by atoms with Gasteiger partial charge >= 0.3 is 0 Å². The highest BCUT2D eigenvalue weighted by atomic mass is 79.9. The molecule has 20 heavy (non-hydrogen) atoms. The minimum atomic E-state index is -0.210. The lowest BCUT2D eigenvalue weighted by molar-refractivity contribution is 0.627. The smallest absolute Gasteiger partial charge is 0.125 e. The number of halogens is 2. The molecule has 0 radical (unpaired) electrons. The van der Waals surface area contributed by atoms with Crippen LogP contribution in [0.3, 0.4) is 0 Å². The van der Waals surface area contributed by atoms with Crippen LogP contribution in [0.15, 0.2) is 46.9 Å². The maximum Gasteiger partial charge on any atom is 0.125 e. The molecule has 0 aromatic heterocycles. The van der Waals surface area contributed by atoms with E-state index in [0.29, 0.717) is 0 Å². The van der Waals surface area contributed by atoms with Gasteiger partial charge in [-0.1, -0.05) is 34.1 Å². The molecule has 4 heteroatoms. The Hall–Kier alpha value is -1.39. The Balaban J connectivity index is 2.13. The normalized spacial score (nSPS) is 10.6. The highest BCUT2D eigenvalue weighted by Gasteiger charge is 2.07. The van der Waals surface area contributed by atoms with Crippen molar-refractivity contribution in [1.29, 1.82) is 0 Å². The Morgan fingerprint density at radius 2 is 2.00 bits per heavy atom. The van der Waals surface area contributed by atoms with Gasteiger partial charge in [-0.05, 0) is 42.4 Å². The third kappa shape index (κ3) is 3.81. The van der Waals surface area contributed by atoms with Gasteiger partial charge in [0.15, 0.2) is 0 Å². The molecule has 0 amide bonds. The predicted molar refractivity (Wildman–Crippen MR) is 85.4 cm³/mol. The molecule has 2 nitrogen and oxygen atoms in total. The van der Waals surface area contributed by atoms with Crippen LogP contribution < -0.4 is 10.2 Å². The number of benzene rings is 2. The summed E-state index contributed by atoms with van der Waals surface area (Å²) in [5, 5.41) is 3.13. The summed E-state index contributed by atoms with van der Waals surface area (Å²) in [7, 11) is 3.89. The Morgan fingerprint density at radius 1 is 1.20 bits per heavy atom. The highest BCUT2D eigenvalue weighted by molar-refractivity contribution is 9.10. The van der Waals surface area contributed by atoms with Crippen LogP contribution >= 0.6 is 15.9 Å². The molecule has 0 heterocycles. The molecule has 0 saturated heterocycles. The van der Waals surface area contributed by atoms with Gasteiger partial charge < -0.3 is 10.2 Å². The van der Waals surface area contributed by atoms with E-state index in [-0.39, 0.29) is 5.82 Å². The Bertz CT molecular complexity index is 586. The molecule has 0 saturated carbocycles. The van der Waals surface area contributed by atoms with Crippen LogP contribution in [0.1, 0.15) is 11.1 Å². The van der Waals surface area contributed by atoms with Crippen LogP contribution in [0.4, 0.5) is 10.1 Å². The lowest BCUT2D eigenvalue weighted by Gasteiger charge is -2.20. The van der Waals surface area contributed by atoms with Crippen molar-refractivity contribution in [3.8, 4) is 0 Å². The molecule has 2 rings (SSSR count). The first-order valence-corrected chi connectivity index (χ1v) is 7.28. The molecule has 106 valence electrons. The first kappa shape index (κ1) is 15.0. The molecule has 2 aromatic carbocycles. The summed E-state index contributed by atoms with van der Waals surface area (Å²) in [5.41, 5.74) is 3.28. The quantitative estimate of drug-likeness (QED) is 0.889. The number of hydrogen-bond acceptors (Lipinski definition) is 2. The van der Waals surface area contributed by atoms with E-state index in [2.05, 4.69) is 39.4 Å². The van der Waals surface area contributed by atoms with Crippen molar-refractivity contribution in [2.75, 3.05) is 19.0 Å². The average molecular weight is 337 g/mol. The van der Waals surface area contributed by atoms with Gasteiger partial charge in [0.05, 0.1) is 0 Å². The summed E-state index contributed by atoms with van der Waals surface area (Å²) in [6.45, 7) is 1.57. The Labute approximate surface area is 127 Å². The van der Waals surface area contributed by atoms with Crippen LogP contribution in [0.5, 0.6) is 0 Å². The molecular formula is C16H18BrFN2. The lowest BCUT2D eigenvalue weighted by Crippen LogP contribution is -2.17. The highest BCUT2D eigenvalue weighted by Crippen LogP contribution is 2.23. The lowest BCUT2D eigenvalue weighted by atomic mass is 10.1. The first-order chi connectivity index (χ1) is 9.60. The van der Waals surface area contributed by atoms with Gasteiger partial charge in [0, 0.05) is 30.3 Å². The first-order valence-electron chi connectivity index (χ1n) is 6.49. The summed E-state index contributed by atoms with van der Waals surface area (Å²) in [5.74, 6) is -0.210. The number of rotatable bonds is 5. The molecule has 0 aliphatic rings. The number of hydrogen-bond donors (Lipinski definition) is 1. The molecule has 0 aliphatic carbocycles. The second kappa shape index (κ2) is 6.86. The van der Waals surface area contributed by atoms with Gasteiger partial charge in [0.2, 0.25) is 0 Å². The van der Waals surface area contributed by atoms with Crippen LogP contribution in [0, 0.1) is 5.82 Å². The number of nitrogens with zero attached hydrogens (tertiary/aromatic N) is 1. The fraction of sp³-hybridized carbons (Fsp3) is 0.250. The fourth-order valence-corrected chi connectivity index (χ4v) is 2.65. The Morgan fingerprint density at radius 3 is 2.65 bits per heavy atom. The summed E-state index contributed by atoms with van der Waals surface area (Å²) < 4.78 is 14.3. The molecule has 1 N–H and O–H groups in total. The Kier molecular flexibility index (Phi) is 5.15. The number of nitrogens with one attached hydrogen (secondary N) is 1. The van der Waals surface area contributed by atoms with E-state index >= 15 is 0 Å². The van der Waals surface area contributed by atoms with Crippen LogP contribution in [-0.4, -0.2) is 14.1 Å². The molecule has 0 atom stereocenters. The zero-order valence-electron chi connectivity index (χ0n) is 11.7. The molecular weight excluding hydrogens is 319 g/mol. The maximum atomic E-state index is 13.2. The van der Waals surface area contributed by atoms with Crippen molar-refractivity contribution in [3.05, 3.63) is 63.9 Å². The summed E-state index contributed by atoms with van der Waals surface area (Å²) >= 11 is 3.60. The molecule has 0 spiro atoms. The zero-order chi connectivity index (χ0) is 14.5. The van der Waals surface area contributed by atoms with Crippen molar-refractivity contribution in [3.63, 3.8) is 0 Å². The van der Waals surface area contributed by atoms with Crippen LogP contribution in [0.2, 0.25) is 0 Å². The van der Waals surface area contributed by atoms with E-state index < -0.39 is 0 Å². The minimum Gasteiger partial charge on any atom is -0.370 e. The molecule has 0 bridgehead atoms. The van der Waals surface area contributed by atoms with Gasteiger partial charge in [0.1, 0.15) is 5.82 Å². The third-order valence-electron chi connectivity index (χ3n) is 3.15. The van der Waals surface area contributed by atoms with E-state index in [1.54, 1.807) is 12.1 Å². The van der Waals surface area contributed by atoms with Gasteiger partial charge in [-0.25, -0.2) is 4.39 Å². The molecule has 0 fully saturated rings. The third-order valence-corrected chi connectivity index (χ3v) is 3.89. The maximum absolute atomic E-state index is 13.2. The van der Waals surface area contributed by atoms with E-state index in [4.69, 9.17) is 0 Å². The van der Waals surface area contributed by atoms with Gasteiger partial charge in [0.25, 0.3) is 0 Å². The van der Waals surface area contributed by atoms with Crippen molar-refractivity contribution in [2.24, 2.45) is 0 Å². The van der Waals surface area contributed by atoms with Crippen molar-refractivity contribution < 1.29 is 4.39 Å². The van der Waals surface area contributed by atoms with Crippen molar-refractivity contribution in [2.45, 2.75) is 13.1 Å². The summed E-state index contributed by atoms with van der Waals surface area (Å²) in [4.78, 5) is 2.03. The standard InChI is InChI=1S/C16H18BrFN2/c1-19-10-12-6-7-13(16(17)8-12)11-20(2)15-5-3-4-14(18)9-15/h3-9,19H,10-11H2,1-2H3. The monoisotopic (exact) mass is 336 g/mol. The van der Waals surface area contributed by atoms with Gasteiger partial charge in [-0.2, -0.15) is 0 Å². The van der Waals surface area contributed by atoms with E-state index in [9.17, 15) is 4.39 Å². The van der Waals surface area contributed by atoms with Crippen molar-refractivity contribution in [1.82, 2.24) is 5.32 Å². The van der Waals surface area contributed by atoms with Crippen LogP contribution in [0.25, 0.3) is 0 Å².